The second-order valence-electron chi connectivity index (χ2n) is 6.95. The van der Waals surface area contributed by atoms with Gasteiger partial charge < -0.3 is 24.6 Å². The molecule has 29 heavy (non-hydrogen) atoms. The number of likely N-dealkylation sites (N-methyl/N-ethyl adjacent to an activating group) is 1. The molecule has 2 heterocycles. The Labute approximate surface area is 171 Å². The first-order chi connectivity index (χ1) is 14.0. The van der Waals surface area contributed by atoms with Gasteiger partial charge in [-0.25, -0.2) is 9.97 Å². The van der Waals surface area contributed by atoms with E-state index < -0.39 is 0 Å². The van der Waals surface area contributed by atoms with Crippen LogP contribution in [0.3, 0.4) is 0 Å². The minimum Gasteiger partial charge on any atom is -0.493 e. The molecule has 1 aromatic carbocycles. The van der Waals surface area contributed by atoms with Gasteiger partial charge in [-0.3, -0.25) is 4.79 Å². The van der Waals surface area contributed by atoms with Gasteiger partial charge in [-0.2, -0.15) is 0 Å². The van der Waals surface area contributed by atoms with Crippen LogP contribution in [0.5, 0.6) is 11.5 Å². The highest BCUT2D eigenvalue weighted by molar-refractivity contribution is 5.92. The van der Waals surface area contributed by atoms with Crippen molar-refractivity contribution in [3.8, 4) is 11.5 Å². The fourth-order valence-electron chi connectivity index (χ4n) is 3.39. The topological polar surface area (TPSA) is 79.8 Å². The second kappa shape index (κ2) is 9.56. The van der Waals surface area contributed by atoms with Crippen molar-refractivity contribution in [1.29, 1.82) is 0 Å². The third-order valence-corrected chi connectivity index (χ3v) is 5.10. The molecule has 0 bridgehead atoms. The largest absolute Gasteiger partial charge is 0.493 e. The fraction of sp³-hybridized carbons (Fsp3) is 0.476. The van der Waals surface area contributed by atoms with Crippen LogP contribution in [0.25, 0.3) is 0 Å². The molecule has 156 valence electrons. The van der Waals surface area contributed by atoms with Gasteiger partial charge in [0, 0.05) is 38.8 Å². The van der Waals surface area contributed by atoms with Gasteiger partial charge in [0.25, 0.3) is 5.91 Å². The summed E-state index contributed by atoms with van der Waals surface area (Å²) in [4.78, 5) is 26.2. The molecule has 0 aliphatic carbocycles. The summed E-state index contributed by atoms with van der Waals surface area (Å²) in [6, 6.07) is 7.34. The van der Waals surface area contributed by atoms with E-state index in [1.54, 1.807) is 20.3 Å². The highest BCUT2D eigenvalue weighted by Gasteiger charge is 2.19. The summed E-state index contributed by atoms with van der Waals surface area (Å²) >= 11 is 0. The first-order valence-corrected chi connectivity index (χ1v) is 9.86. The van der Waals surface area contributed by atoms with E-state index in [0.717, 1.165) is 44.1 Å². The third kappa shape index (κ3) is 5.14. The lowest BCUT2D eigenvalue weighted by Gasteiger charge is -2.34. The number of methoxy groups -OCH3 is 2. The Hall–Kier alpha value is -2.87. The summed E-state index contributed by atoms with van der Waals surface area (Å²) in [5.41, 5.74) is 1.29. The van der Waals surface area contributed by atoms with E-state index in [2.05, 4.69) is 32.0 Å². The van der Waals surface area contributed by atoms with Gasteiger partial charge in [-0.1, -0.05) is 13.0 Å². The monoisotopic (exact) mass is 399 g/mol. The summed E-state index contributed by atoms with van der Waals surface area (Å²) in [5, 5.41) is 2.93. The van der Waals surface area contributed by atoms with Crippen LogP contribution in [0.2, 0.25) is 0 Å². The standard InChI is InChI=1S/C21H29N5O3/c1-5-25-8-10-26(11-9-25)20-13-17(23-15(2)24-20)21(27)22-14-16-6-7-18(28-3)19(12-16)29-4/h6-7,12-13H,5,8-11,14H2,1-4H3,(H,22,27). The Balaban J connectivity index is 1.67. The summed E-state index contributed by atoms with van der Waals surface area (Å²) in [7, 11) is 3.18. The number of hydrogen-bond acceptors (Lipinski definition) is 7. The molecule has 0 spiro atoms. The maximum Gasteiger partial charge on any atom is 0.270 e. The van der Waals surface area contributed by atoms with Crippen LogP contribution in [0.1, 0.15) is 28.8 Å². The van der Waals surface area contributed by atoms with Crippen LogP contribution in [0.4, 0.5) is 5.82 Å². The van der Waals surface area contributed by atoms with Crippen LogP contribution in [0.15, 0.2) is 24.3 Å². The number of aryl methyl sites for hydroxylation is 1. The Kier molecular flexibility index (Phi) is 6.87. The van der Waals surface area contributed by atoms with Crippen LogP contribution in [-0.2, 0) is 6.54 Å². The molecule has 1 amide bonds. The predicted octanol–water partition coefficient (Wildman–Crippen LogP) is 1.87. The number of benzene rings is 1. The molecule has 8 heteroatoms. The molecule has 0 saturated carbocycles. The van der Waals surface area contributed by atoms with Crippen LogP contribution < -0.4 is 19.7 Å². The first-order valence-electron chi connectivity index (χ1n) is 9.86. The zero-order valence-corrected chi connectivity index (χ0v) is 17.6. The number of piperazine rings is 1. The molecule has 1 fully saturated rings. The van der Waals surface area contributed by atoms with E-state index in [1.165, 1.54) is 0 Å². The normalized spacial score (nSPS) is 14.6. The number of aromatic nitrogens is 2. The predicted molar refractivity (Wildman–Crippen MR) is 112 cm³/mol. The highest BCUT2D eigenvalue weighted by Crippen LogP contribution is 2.27. The summed E-state index contributed by atoms with van der Waals surface area (Å²) in [5.74, 6) is 2.47. The number of amides is 1. The van der Waals surface area contributed by atoms with E-state index in [4.69, 9.17) is 9.47 Å². The smallest absolute Gasteiger partial charge is 0.270 e. The van der Waals surface area contributed by atoms with Gasteiger partial charge in [0.2, 0.25) is 0 Å². The molecular weight excluding hydrogens is 370 g/mol. The van der Waals surface area contributed by atoms with Crippen LogP contribution in [-0.4, -0.2) is 67.7 Å². The van der Waals surface area contributed by atoms with Gasteiger partial charge in [0.1, 0.15) is 17.3 Å². The van der Waals surface area contributed by atoms with Crippen molar-refractivity contribution in [2.45, 2.75) is 20.4 Å². The van der Waals surface area contributed by atoms with Crippen molar-refractivity contribution in [1.82, 2.24) is 20.2 Å². The van der Waals surface area contributed by atoms with Gasteiger partial charge in [0.05, 0.1) is 14.2 Å². The van der Waals surface area contributed by atoms with Crippen molar-refractivity contribution in [3.63, 3.8) is 0 Å². The zero-order chi connectivity index (χ0) is 20.8. The van der Waals surface area contributed by atoms with E-state index in [-0.39, 0.29) is 5.91 Å². The van der Waals surface area contributed by atoms with Crippen molar-refractivity contribution in [2.75, 3.05) is 51.8 Å². The number of nitrogens with zero attached hydrogens (tertiary/aromatic N) is 4. The number of rotatable bonds is 7. The molecule has 1 aliphatic rings. The maximum atomic E-state index is 12.7. The van der Waals surface area contributed by atoms with Crippen molar-refractivity contribution in [2.24, 2.45) is 0 Å². The van der Waals surface area contributed by atoms with Crippen LogP contribution in [0, 0.1) is 6.92 Å². The average molecular weight is 399 g/mol. The molecule has 3 rings (SSSR count). The van der Waals surface area contributed by atoms with E-state index >= 15 is 0 Å². The Morgan fingerprint density at radius 2 is 1.79 bits per heavy atom. The first kappa shape index (κ1) is 20.9. The number of carbonyl (C=O) groups excluding carboxylic acids is 1. The Bertz CT molecular complexity index is 850. The highest BCUT2D eigenvalue weighted by atomic mass is 16.5. The molecule has 1 saturated heterocycles. The van der Waals surface area contributed by atoms with Crippen molar-refractivity contribution >= 4 is 11.7 Å². The summed E-state index contributed by atoms with van der Waals surface area (Å²) in [6.45, 7) is 9.21. The number of hydrogen-bond donors (Lipinski definition) is 1. The molecule has 0 radical (unpaired) electrons. The molecule has 1 N–H and O–H groups in total. The molecule has 1 aliphatic heterocycles. The summed E-state index contributed by atoms with van der Waals surface area (Å²) < 4.78 is 10.6. The summed E-state index contributed by atoms with van der Waals surface area (Å²) in [6.07, 6.45) is 0. The van der Waals surface area contributed by atoms with Gasteiger partial charge in [0.15, 0.2) is 11.5 Å². The van der Waals surface area contributed by atoms with E-state index in [0.29, 0.717) is 29.6 Å². The van der Waals surface area contributed by atoms with Crippen molar-refractivity contribution in [3.05, 3.63) is 41.3 Å². The molecule has 1 aromatic heterocycles. The Morgan fingerprint density at radius 1 is 1.07 bits per heavy atom. The van der Waals surface area contributed by atoms with Gasteiger partial charge in [-0.15, -0.1) is 0 Å². The lowest BCUT2D eigenvalue weighted by molar-refractivity contribution is 0.0945. The fourth-order valence-corrected chi connectivity index (χ4v) is 3.39. The average Bonchev–Trinajstić information content (AvgIpc) is 2.76. The quantitative estimate of drug-likeness (QED) is 0.761. The van der Waals surface area contributed by atoms with Crippen LogP contribution >= 0.6 is 0 Å². The number of carbonyl (C=O) groups is 1. The number of ether oxygens (including phenoxy) is 2. The third-order valence-electron chi connectivity index (χ3n) is 5.10. The molecule has 2 aromatic rings. The SMILES string of the molecule is CCN1CCN(c2cc(C(=O)NCc3ccc(OC)c(OC)c3)nc(C)n2)CC1. The molecule has 8 nitrogen and oxygen atoms in total. The molecule has 0 atom stereocenters. The second-order valence-corrected chi connectivity index (χ2v) is 6.95. The van der Waals surface area contributed by atoms with Gasteiger partial charge >= 0.3 is 0 Å². The Morgan fingerprint density at radius 3 is 2.45 bits per heavy atom. The lowest BCUT2D eigenvalue weighted by Crippen LogP contribution is -2.46. The zero-order valence-electron chi connectivity index (χ0n) is 17.6. The number of nitrogens with one attached hydrogen (secondary N) is 1. The van der Waals surface area contributed by atoms with Gasteiger partial charge in [-0.05, 0) is 31.2 Å². The number of anilines is 1. The maximum absolute atomic E-state index is 12.7. The minimum absolute atomic E-state index is 0.223. The molecular formula is C21H29N5O3. The minimum atomic E-state index is -0.223. The molecule has 0 unspecified atom stereocenters. The van der Waals surface area contributed by atoms with E-state index in [1.807, 2.05) is 25.1 Å². The van der Waals surface area contributed by atoms with Crippen molar-refractivity contribution < 1.29 is 14.3 Å². The van der Waals surface area contributed by atoms with E-state index in [9.17, 15) is 4.79 Å². The lowest BCUT2D eigenvalue weighted by atomic mass is 10.2.